The van der Waals surface area contributed by atoms with E-state index >= 15 is 0 Å². The first-order valence-corrected chi connectivity index (χ1v) is 4.84. The lowest BCUT2D eigenvalue weighted by Gasteiger charge is -2.06. The van der Waals surface area contributed by atoms with Crippen LogP contribution in [-0.4, -0.2) is 24.8 Å². The minimum atomic E-state index is -0.262. The van der Waals surface area contributed by atoms with Gasteiger partial charge in [-0.1, -0.05) is 6.42 Å². The second-order valence-corrected chi connectivity index (χ2v) is 3.28. The number of nitrogens with zero attached hydrogens (tertiary/aromatic N) is 1. The number of carbonyl (C=O) groups excluding carboxylic acids is 1. The van der Waals surface area contributed by atoms with E-state index in [-0.39, 0.29) is 5.91 Å². The van der Waals surface area contributed by atoms with E-state index in [1.54, 1.807) is 0 Å². The van der Waals surface area contributed by atoms with Crippen molar-refractivity contribution in [1.29, 1.82) is 0 Å². The maximum atomic E-state index is 10.5. The van der Waals surface area contributed by atoms with Crippen LogP contribution in [0.3, 0.4) is 0 Å². The van der Waals surface area contributed by atoms with Crippen LogP contribution in [0.25, 0.3) is 0 Å². The van der Waals surface area contributed by atoms with Crippen molar-refractivity contribution in [3.63, 3.8) is 0 Å². The molecule has 74 valence electrons. The second-order valence-electron chi connectivity index (χ2n) is 3.28. The van der Waals surface area contributed by atoms with Gasteiger partial charge in [0.15, 0.2) is 0 Å². The molecule has 1 heterocycles. The van der Waals surface area contributed by atoms with Gasteiger partial charge in [0.25, 0.3) is 0 Å². The molecule has 4 nitrogen and oxygen atoms in total. The summed E-state index contributed by atoms with van der Waals surface area (Å²) in [5.74, 6) is 0.778. The van der Waals surface area contributed by atoms with E-state index in [2.05, 4.69) is 10.3 Å². The maximum Gasteiger partial charge on any atom is 0.219 e. The largest absolute Gasteiger partial charge is 0.373 e. The highest BCUT2D eigenvalue weighted by Crippen LogP contribution is 2.05. The smallest absolute Gasteiger partial charge is 0.219 e. The van der Waals surface area contributed by atoms with Crippen LogP contribution in [0.1, 0.15) is 32.1 Å². The molecular weight excluding hydrogens is 166 g/mol. The van der Waals surface area contributed by atoms with Gasteiger partial charge in [0, 0.05) is 25.9 Å². The number of hydrogen-bond donors (Lipinski definition) is 2. The van der Waals surface area contributed by atoms with Crippen molar-refractivity contribution < 1.29 is 4.79 Å². The average molecular weight is 183 g/mol. The molecule has 0 bridgehead atoms. The van der Waals surface area contributed by atoms with Gasteiger partial charge in [-0.3, -0.25) is 9.79 Å². The Kier molecular flexibility index (Phi) is 4.29. The molecular formula is C9H17N3O. The van der Waals surface area contributed by atoms with E-state index in [9.17, 15) is 4.79 Å². The highest BCUT2D eigenvalue weighted by atomic mass is 16.1. The van der Waals surface area contributed by atoms with Crippen molar-refractivity contribution in [2.75, 3.05) is 13.1 Å². The summed E-state index contributed by atoms with van der Waals surface area (Å²) in [6.07, 6.45) is 5.03. The number of hydrogen-bond acceptors (Lipinski definition) is 3. The standard InChI is InChI=1S/C9H17N3O/c10-8(13)5-7-12-9-4-2-1-3-6-11-9/h1-7H2,(H2,10,13)(H,11,12). The van der Waals surface area contributed by atoms with Gasteiger partial charge in [-0.2, -0.15) is 0 Å². The number of aliphatic imine (C=N–C) groups is 1. The van der Waals surface area contributed by atoms with Crippen LogP contribution >= 0.6 is 0 Å². The third-order valence-electron chi connectivity index (χ3n) is 2.07. The molecule has 0 aliphatic carbocycles. The maximum absolute atomic E-state index is 10.5. The fourth-order valence-electron chi connectivity index (χ4n) is 1.35. The van der Waals surface area contributed by atoms with Crippen molar-refractivity contribution in [3.8, 4) is 0 Å². The summed E-state index contributed by atoms with van der Waals surface area (Å²) in [5.41, 5.74) is 5.02. The van der Waals surface area contributed by atoms with E-state index < -0.39 is 0 Å². The number of rotatable bonds is 3. The Morgan fingerprint density at radius 2 is 2.31 bits per heavy atom. The summed E-state index contributed by atoms with van der Waals surface area (Å²) in [5, 5.41) is 3.14. The van der Waals surface area contributed by atoms with Gasteiger partial charge in [-0.25, -0.2) is 0 Å². The lowest BCUT2D eigenvalue weighted by atomic mass is 10.2. The van der Waals surface area contributed by atoms with E-state index in [0.29, 0.717) is 13.0 Å². The molecule has 0 saturated carbocycles. The molecule has 0 unspecified atom stereocenters. The summed E-state index contributed by atoms with van der Waals surface area (Å²) >= 11 is 0. The minimum absolute atomic E-state index is 0.262. The van der Waals surface area contributed by atoms with E-state index in [1.807, 2.05) is 0 Å². The first-order valence-electron chi connectivity index (χ1n) is 4.84. The fourth-order valence-corrected chi connectivity index (χ4v) is 1.35. The molecule has 3 N–H and O–H groups in total. The molecule has 1 aliphatic heterocycles. The number of nitrogens with one attached hydrogen (secondary N) is 1. The molecule has 4 heteroatoms. The van der Waals surface area contributed by atoms with Crippen LogP contribution < -0.4 is 11.1 Å². The molecule has 0 fully saturated rings. The quantitative estimate of drug-likeness (QED) is 0.666. The zero-order valence-electron chi connectivity index (χ0n) is 7.88. The van der Waals surface area contributed by atoms with Crippen molar-refractivity contribution in [3.05, 3.63) is 0 Å². The van der Waals surface area contributed by atoms with E-state index in [1.165, 1.54) is 19.3 Å². The molecule has 1 rings (SSSR count). The Balaban J connectivity index is 2.18. The topological polar surface area (TPSA) is 67.5 Å². The first kappa shape index (κ1) is 10.0. The van der Waals surface area contributed by atoms with Crippen LogP contribution in [0.15, 0.2) is 4.99 Å². The average Bonchev–Trinajstić information content (AvgIpc) is 2.32. The van der Waals surface area contributed by atoms with Gasteiger partial charge in [-0.15, -0.1) is 0 Å². The molecule has 0 saturated heterocycles. The highest BCUT2D eigenvalue weighted by molar-refractivity contribution is 5.83. The van der Waals surface area contributed by atoms with Gasteiger partial charge in [0.05, 0.1) is 5.84 Å². The summed E-state index contributed by atoms with van der Waals surface area (Å²) in [6, 6.07) is 0. The molecule has 0 radical (unpaired) electrons. The van der Waals surface area contributed by atoms with Crippen molar-refractivity contribution in [1.82, 2.24) is 5.32 Å². The Bertz CT molecular complexity index is 201. The first-order chi connectivity index (χ1) is 6.29. The number of primary amides is 1. The van der Waals surface area contributed by atoms with Gasteiger partial charge in [-0.05, 0) is 12.8 Å². The van der Waals surface area contributed by atoms with Crippen LogP contribution in [-0.2, 0) is 4.79 Å². The van der Waals surface area contributed by atoms with Gasteiger partial charge < -0.3 is 11.1 Å². The van der Waals surface area contributed by atoms with Crippen LogP contribution in [0.4, 0.5) is 0 Å². The molecule has 0 aromatic carbocycles. The summed E-state index contributed by atoms with van der Waals surface area (Å²) < 4.78 is 0. The Hall–Kier alpha value is -1.06. The monoisotopic (exact) mass is 183 g/mol. The Morgan fingerprint density at radius 1 is 1.46 bits per heavy atom. The summed E-state index contributed by atoms with van der Waals surface area (Å²) in [4.78, 5) is 14.8. The van der Waals surface area contributed by atoms with Gasteiger partial charge in [0.1, 0.15) is 0 Å². The Morgan fingerprint density at radius 3 is 3.08 bits per heavy atom. The van der Waals surface area contributed by atoms with E-state index in [4.69, 9.17) is 5.73 Å². The summed E-state index contributed by atoms with van der Waals surface area (Å²) in [7, 11) is 0. The molecule has 13 heavy (non-hydrogen) atoms. The number of amidine groups is 1. The normalized spacial score (nSPS) is 17.4. The molecule has 0 aromatic heterocycles. The molecule has 1 aliphatic rings. The zero-order valence-corrected chi connectivity index (χ0v) is 7.88. The van der Waals surface area contributed by atoms with Crippen molar-refractivity contribution >= 4 is 11.7 Å². The number of carbonyl (C=O) groups is 1. The minimum Gasteiger partial charge on any atom is -0.373 e. The van der Waals surface area contributed by atoms with Crippen molar-refractivity contribution in [2.24, 2.45) is 10.7 Å². The third kappa shape index (κ3) is 4.50. The van der Waals surface area contributed by atoms with E-state index in [0.717, 1.165) is 18.8 Å². The summed E-state index contributed by atoms with van der Waals surface area (Å²) in [6.45, 7) is 1.53. The lowest BCUT2D eigenvalue weighted by Crippen LogP contribution is -2.27. The highest BCUT2D eigenvalue weighted by Gasteiger charge is 2.03. The van der Waals surface area contributed by atoms with Crippen LogP contribution in [0, 0.1) is 0 Å². The third-order valence-corrected chi connectivity index (χ3v) is 2.07. The predicted molar refractivity (Wildman–Crippen MR) is 52.6 cm³/mol. The fraction of sp³-hybridized carbons (Fsp3) is 0.778. The molecule has 0 atom stereocenters. The molecule has 1 amide bonds. The SMILES string of the molecule is NC(=O)CCNC1=NCCCCC1. The van der Waals surface area contributed by atoms with Crippen LogP contribution in [0.5, 0.6) is 0 Å². The zero-order chi connectivity index (χ0) is 9.52. The predicted octanol–water partition coefficient (Wildman–Crippen LogP) is 0.424. The lowest BCUT2D eigenvalue weighted by molar-refractivity contribution is -0.117. The molecule has 0 aromatic rings. The number of nitrogens with two attached hydrogens (primary N) is 1. The Labute approximate surface area is 78.6 Å². The number of amides is 1. The molecule has 0 spiro atoms. The van der Waals surface area contributed by atoms with Crippen LogP contribution in [0.2, 0.25) is 0 Å². The van der Waals surface area contributed by atoms with Crippen molar-refractivity contribution in [2.45, 2.75) is 32.1 Å². The van der Waals surface area contributed by atoms with Gasteiger partial charge in [0.2, 0.25) is 5.91 Å². The van der Waals surface area contributed by atoms with Gasteiger partial charge >= 0.3 is 0 Å². The second kappa shape index (κ2) is 5.56.